The molecule has 0 bridgehead atoms. The SMILES string of the molecule is O=C1N=NC=C(N2Cc3cc(OC4CCNCC4)cnc3C2)C1C(F)(F)F. The highest BCUT2D eigenvalue weighted by molar-refractivity contribution is 5.83. The lowest BCUT2D eigenvalue weighted by atomic mass is 10.0. The smallest absolute Gasteiger partial charge is 0.406 e. The number of piperidine rings is 1. The van der Waals surface area contributed by atoms with E-state index < -0.39 is 18.0 Å². The number of hydrogen-bond donors (Lipinski definition) is 1. The Morgan fingerprint density at radius 1 is 1.22 bits per heavy atom. The highest BCUT2D eigenvalue weighted by atomic mass is 19.4. The summed E-state index contributed by atoms with van der Waals surface area (Å²) < 4.78 is 45.9. The number of carbonyl (C=O) groups excluding carboxylic acids is 1. The molecule has 0 radical (unpaired) electrons. The second-order valence-electron chi connectivity index (χ2n) is 6.78. The van der Waals surface area contributed by atoms with Crippen LogP contribution in [0.15, 0.2) is 34.4 Å². The van der Waals surface area contributed by atoms with E-state index in [0.29, 0.717) is 11.4 Å². The van der Waals surface area contributed by atoms with E-state index >= 15 is 0 Å². The summed E-state index contributed by atoms with van der Waals surface area (Å²) in [6.07, 6.45) is -0.193. The van der Waals surface area contributed by atoms with Gasteiger partial charge in [0.1, 0.15) is 11.9 Å². The molecular weight excluding hydrogens is 363 g/mol. The molecule has 0 aliphatic carbocycles. The van der Waals surface area contributed by atoms with Crippen LogP contribution in [0.25, 0.3) is 0 Å². The first-order chi connectivity index (χ1) is 12.9. The van der Waals surface area contributed by atoms with Gasteiger partial charge in [-0.2, -0.15) is 18.3 Å². The molecule has 10 heteroatoms. The molecule has 3 aliphatic heterocycles. The number of alkyl halides is 3. The molecule has 0 spiro atoms. The van der Waals surface area contributed by atoms with Crippen molar-refractivity contribution < 1.29 is 22.7 Å². The number of carbonyl (C=O) groups is 1. The Labute approximate surface area is 153 Å². The molecule has 1 atom stereocenters. The fourth-order valence-electron chi connectivity index (χ4n) is 3.57. The van der Waals surface area contributed by atoms with Gasteiger partial charge in [-0.15, -0.1) is 5.11 Å². The number of nitrogens with zero attached hydrogens (tertiary/aromatic N) is 4. The van der Waals surface area contributed by atoms with Crippen LogP contribution in [-0.2, 0) is 17.9 Å². The molecule has 27 heavy (non-hydrogen) atoms. The number of aromatic nitrogens is 1. The van der Waals surface area contributed by atoms with E-state index in [1.54, 1.807) is 6.20 Å². The maximum atomic E-state index is 13.3. The molecule has 0 saturated carbocycles. The van der Waals surface area contributed by atoms with Crippen molar-refractivity contribution in [3.63, 3.8) is 0 Å². The highest BCUT2D eigenvalue weighted by Gasteiger charge is 2.50. The summed E-state index contributed by atoms with van der Waals surface area (Å²) in [4.78, 5) is 17.5. The molecular formula is C17H18F3N5O2. The Hall–Kier alpha value is -2.49. The van der Waals surface area contributed by atoms with Crippen molar-refractivity contribution in [2.75, 3.05) is 13.1 Å². The molecule has 7 nitrogen and oxygen atoms in total. The molecule has 144 valence electrons. The van der Waals surface area contributed by atoms with Crippen LogP contribution in [0.4, 0.5) is 13.2 Å². The van der Waals surface area contributed by atoms with Crippen LogP contribution in [0.3, 0.4) is 0 Å². The van der Waals surface area contributed by atoms with E-state index in [1.165, 1.54) is 4.90 Å². The molecule has 4 rings (SSSR count). The first-order valence-electron chi connectivity index (χ1n) is 8.73. The topological polar surface area (TPSA) is 79.2 Å². The van der Waals surface area contributed by atoms with Gasteiger partial charge in [0.2, 0.25) is 0 Å². The van der Waals surface area contributed by atoms with Crippen molar-refractivity contribution in [3.05, 3.63) is 35.4 Å². The average Bonchev–Trinajstić information content (AvgIpc) is 3.04. The van der Waals surface area contributed by atoms with Crippen LogP contribution < -0.4 is 10.1 Å². The molecule has 1 saturated heterocycles. The molecule has 3 aliphatic rings. The zero-order chi connectivity index (χ0) is 19.0. The summed E-state index contributed by atoms with van der Waals surface area (Å²) in [7, 11) is 0. The van der Waals surface area contributed by atoms with Crippen molar-refractivity contribution in [2.45, 2.75) is 38.2 Å². The number of fused-ring (bicyclic) bond motifs is 1. The Balaban J connectivity index is 1.51. The number of hydrogen-bond acceptors (Lipinski definition) is 6. The monoisotopic (exact) mass is 381 g/mol. The molecule has 1 aromatic heterocycles. The van der Waals surface area contributed by atoms with Crippen molar-refractivity contribution in [1.82, 2.24) is 15.2 Å². The van der Waals surface area contributed by atoms with Gasteiger partial charge in [-0.1, -0.05) is 0 Å². The fourth-order valence-corrected chi connectivity index (χ4v) is 3.57. The minimum atomic E-state index is -4.71. The van der Waals surface area contributed by atoms with E-state index in [4.69, 9.17) is 4.74 Å². The summed E-state index contributed by atoms with van der Waals surface area (Å²) >= 11 is 0. The van der Waals surface area contributed by atoms with Crippen molar-refractivity contribution >= 4 is 5.91 Å². The number of azo groups is 1. The zero-order valence-corrected chi connectivity index (χ0v) is 14.4. The van der Waals surface area contributed by atoms with Gasteiger partial charge in [-0.25, -0.2) is 0 Å². The number of halogens is 3. The predicted molar refractivity (Wildman–Crippen MR) is 87.5 cm³/mol. The lowest BCUT2D eigenvalue weighted by Crippen LogP contribution is -2.38. The lowest BCUT2D eigenvalue weighted by Gasteiger charge is -2.28. The van der Waals surface area contributed by atoms with Crippen LogP contribution in [0, 0.1) is 5.92 Å². The van der Waals surface area contributed by atoms with Crippen molar-refractivity contribution in [1.29, 1.82) is 0 Å². The van der Waals surface area contributed by atoms with Crippen LogP contribution in [-0.4, -0.2) is 41.2 Å². The first-order valence-corrected chi connectivity index (χ1v) is 8.73. The van der Waals surface area contributed by atoms with E-state index in [-0.39, 0.29) is 24.9 Å². The average molecular weight is 381 g/mol. The largest absolute Gasteiger partial charge is 0.489 e. The maximum Gasteiger partial charge on any atom is 0.406 e. The molecule has 1 amide bonds. The Morgan fingerprint density at radius 3 is 2.74 bits per heavy atom. The third-order valence-electron chi connectivity index (χ3n) is 4.91. The van der Waals surface area contributed by atoms with Crippen molar-refractivity contribution in [3.8, 4) is 5.75 Å². The summed E-state index contributed by atoms with van der Waals surface area (Å²) in [5.41, 5.74) is 1.27. The van der Waals surface area contributed by atoms with Gasteiger partial charge in [0.25, 0.3) is 5.91 Å². The summed E-state index contributed by atoms with van der Waals surface area (Å²) in [6.45, 7) is 2.19. The van der Waals surface area contributed by atoms with Gasteiger partial charge in [0.05, 0.1) is 30.3 Å². The Bertz CT molecular complexity index is 802. The van der Waals surface area contributed by atoms with Gasteiger partial charge in [0, 0.05) is 6.54 Å². The van der Waals surface area contributed by atoms with Gasteiger partial charge in [-0.3, -0.25) is 9.78 Å². The number of pyridine rings is 1. The summed E-state index contributed by atoms with van der Waals surface area (Å²) in [6, 6.07) is 1.82. The Kier molecular flexibility index (Phi) is 4.58. The van der Waals surface area contributed by atoms with E-state index in [2.05, 4.69) is 20.5 Å². The standard InChI is InChI=1S/C17H18F3N5O2/c18-17(19,20)15-14(7-23-24-16(15)26)25-8-10-5-12(6-22-13(10)9-25)27-11-1-3-21-4-2-11/h5-7,11,15,21H,1-4,8-9H2. The Morgan fingerprint density at radius 2 is 2.00 bits per heavy atom. The van der Waals surface area contributed by atoms with E-state index in [0.717, 1.165) is 37.7 Å². The van der Waals surface area contributed by atoms with Gasteiger partial charge < -0.3 is 15.0 Å². The van der Waals surface area contributed by atoms with Gasteiger partial charge in [-0.05, 0) is 37.6 Å². The minimum absolute atomic E-state index is 0.109. The van der Waals surface area contributed by atoms with Crippen LogP contribution in [0.1, 0.15) is 24.1 Å². The molecule has 4 heterocycles. The summed E-state index contributed by atoms with van der Waals surface area (Å²) in [5, 5.41) is 9.74. The quantitative estimate of drug-likeness (QED) is 0.871. The molecule has 1 unspecified atom stereocenters. The fraction of sp³-hybridized carbons (Fsp3) is 0.529. The third kappa shape index (κ3) is 3.66. The number of ether oxygens (including phenoxy) is 1. The van der Waals surface area contributed by atoms with E-state index in [9.17, 15) is 18.0 Å². The number of amides is 1. The normalized spacial score (nSPS) is 23.4. The van der Waals surface area contributed by atoms with Gasteiger partial charge in [0.15, 0.2) is 5.92 Å². The van der Waals surface area contributed by atoms with Gasteiger partial charge >= 0.3 is 6.18 Å². The van der Waals surface area contributed by atoms with Crippen LogP contribution in [0.5, 0.6) is 5.75 Å². The highest BCUT2D eigenvalue weighted by Crippen LogP contribution is 2.39. The molecule has 1 N–H and O–H groups in total. The zero-order valence-electron chi connectivity index (χ0n) is 14.4. The lowest BCUT2D eigenvalue weighted by molar-refractivity contribution is -0.177. The molecule has 1 fully saturated rings. The van der Waals surface area contributed by atoms with E-state index in [1.807, 2.05) is 6.07 Å². The maximum absolute atomic E-state index is 13.3. The predicted octanol–water partition coefficient (Wildman–Crippen LogP) is 2.54. The molecule has 1 aromatic rings. The number of rotatable bonds is 3. The third-order valence-corrected chi connectivity index (χ3v) is 4.91. The van der Waals surface area contributed by atoms with Crippen LogP contribution in [0.2, 0.25) is 0 Å². The second kappa shape index (κ2) is 6.91. The second-order valence-corrected chi connectivity index (χ2v) is 6.78. The van der Waals surface area contributed by atoms with Crippen LogP contribution >= 0.6 is 0 Å². The molecule has 0 aromatic carbocycles. The minimum Gasteiger partial charge on any atom is -0.489 e. The number of nitrogens with one attached hydrogen (secondary N) is 1. The summed E-state index contributed by atoms with van der Waals surface area (Å²) in [5.74, 6) is -2.96. The van der Waals surface area contributed by atoms with Crippen molar-refractivity contribution in [2.24, 2.45) is 16.1 Å². The first kappa shape index (κ1) is 17.9.